The van der Waals surface area contributed by atoms with Crippen LogP contribution in [0.5, 0.6) is 0 Å². The molecule has 6 nitrogen and oxygen atoms in total. The summed E-state index contributed by atoms with van der Waals surface area (Å²) in [6.07, 6.45) is 1.62. The van der Waals surface area contributed by atoms with E-state index in [4.69, 9.17) is 5.11 Å². The van der Waals surface area contributed by atoms with Crippen molar-refractivity contribution in [1.29, 1.82) is 0 Å². The smallest absolute Gasteiger partial charge is 0.327 e. The van der Waals surface area contributed by atoms with E-state index in [1.54, 1.807) is 0 Å². The minimum atomic E-state index is -0.924. The van der Waals surface area contributed by atoms with E-state index in [2.05, 4.69) is 5.32 Å². The van der Waals surface area contributed by atoms with Crippen molar-refractivity contribution in [3.8, 4) is 0 Å². The van der Waals surface area contributed by atoms with Crippen LogP contribution in [0, 0.1) is 0 Å². The third kappa shape index (κ3) is 4.58. The maximum absolute atomic E-state index is 12.1. The molecule has 0 aliphatic carbocycles. The third-order valence-electron chi connectivity index (χ3n) is 3.02. The molecule has 19 heavy (non-hydrogen) atoms. The first kappa shape index (κ1) is 16.1. The topological polar surface area (TPSA) is 72.9 Å². The Hall–Kier alpha value is -0.950. The minimum absolute atomic E-state index is 0.0325. The number of aliphatic carboxylic acids is 1. The molecule has 0 aromatic heterocycles. The van der Waals surface area contributed by atoms with Crippen LogP contribution in [0.3, 0.4) is 0 Å². The molecule has 2 N–H and O–H groups in total. The van der Waals surface area contributed by atoms with Crippen LogP contribution in [-0.4, -0.2) is 71.3 Å². The molecule has 2 unspecified atom stereocenters. The highest BCUT2D eigenvalue weighted by molar-refractivity contribution is 8.00. The number of amides is 2. The lowest BCUT2D eigenvalue weighted by atomic mass is 10.3. The predicted molar refractivity (Wildman–Crippen MR) is 76.4 cm³/mol. The van der Waals surface area contributed by atoms with Crippen LogP contribution in [0.15, 0.2) is 0 Å². The Labute approximate surface area is 118 Å². The summed E-state index contributed by atoms with van der Waals surface area (Å²) >= 11 is 1.54. The van der Waals surface area contributed by atoms with Gasteiger partial charge >= 0.3 is 12.0 Å². The van der Waals surface area contributed by atoms with Gasteiger partial charge in [-0.2, -0.15) is 0 Å². The fraction of sp³-hybridized carbons (Fsp3) is 0.833. The molecule has 1 rings (SSSR count). The van der Waals surface area contributed by atoms with Crippen LogP contribution < -0.4 is 5.32 Å². The Morgan fingerprint density at radius 2 is 2.16 bits per heavy atom. The average molecular weight is 289 g/mol. The zero-order chi connectivity index (χ0) is 14.4. The van der Waals surface area contributed by atoms with Crippen molar-refractivity contribution in [1.82, 2.24) is 15.1 Å². The number of carbonyl (C=O) groups excluding carboxylic acids is 1. The van der Waals surface area contributed by atoms with E-state index < -0.39 is 12.0 Å². The Morgan fingerprint density at radius 1 is 1.47 bits per heavy atom. The lowest BCUT2D eigenvalue weighted by molar-refractivity contribution is -0.141. The lowest BCUT2D eigenvalue weighted by Crippen LogP contribution is -2.50. The van der Waals surface area contributed by atoms with Gasteiger partial charge < -0.3 is 15.3 Å². The summed E-state index contributed by atoms with van der Waals surface area (Å²) in [4.78, 5) is 26.8. The predicted octanol–water partition coefficient (Wildman–Crippen LogP) is 0.886. The number of hydrogen-bond acceptors (Lipinski definition) is 4. The number of carboxylic acids is 1. The second-order valence-electron chi connectivity index (χ2n) is 4.85. The van der Waals surface area contributed by atoms with Gasteiger partial charge in [0.1, 0.15) is 6.04 Å². The quantitative estimate of drug-likeness (QED) is 0.710. The molecule has 1 saturated heterocycles. The zero-order valence-electron chi connectivity index (χ0n) is 11.8. The molecule has 0 bridgehead atoms. The number of rotatable bonds is 6. The monoisotopic (exact) mass is 289 g/mol. The maximum atomic E-state index is 12.1. The van der Waals surface area contributed by atoms with Gasteiger partial charge in [0.15, 0.2) is 0 Å². The molecule has 1 fully saturated rings. The number of nitrogens with one attached hydrogen (secondary N) is 1. The largest absolute Gasteiger partial charge is 0.480 e. The molecule has 0 radical (unpaired) electrons. The van der Waals surface area contributed by atoms with E-state index in [9.17, 15) is 9.59 Å². The van der Waals surface area contributed by atoms with E-state index >= 15 is 0 Å². The molecule has 0 saturated carbocycles. The normalized spacial score (nSPS) is 22.8. The first-order valence-electron chi connectivity index (χ1n) is 6.52. The fourth-order valence-electron chi connectivity index (χ4n) is 2.02. The van der Waals surface area contributed by atoms with Gasteiger partial charge in [-0.05, 0) is 33.5 Å². The molecule has 2 atom stereocenters. The van der Waals surface area contributed by atoms with Gasteiger partial charge in [0.05, 0.1) is 5.37 Å². The maximum Gasteiger partial charge on any atom is 0.327 e. The lowest BCUT2D eigenvalue weighted by Gasteiger charge is -2.26. The highest BCUT2D eigenvalue weighted by atomic mass is 32.2. The summed E-state index contributed by atoms with van der Waals surface area (Å²) in [5, 5.41) is 11.9. The molecule has 0 aromatic carbocycles. The SMILES string of the molecule is CCC1SCC(C(=O)O)N1C(=O)NCCCN(C)C. The van der Waals surface area contributed by atoms with Crippen LogP contribution in [0.1, 0.15) is 19.8 Å². The van der Waals surface area contributed by atoms with Crippen molar-refractivity contribution in [2.45, 2.75) is 31.2 Å². The highest BCUT2D eigenvalue weighted by Gasteiger charge is 2.40. The van der Waals surface area contributed by atoms with Gasteiger partial charge in [0.2, 0.25) is 0 Å². The van der Waals surface area contributed by atoms with Crippen molar-refractivity contribution in [3.05, 3.63) is 0 Å². The number of carbonyl (C=O) groups is 2. The first-order valence-corrected chi connectivity index (χ1v) is 7.57. The Bertz CT molecular complexity index is 325. The zero-order valence-corrected chi connectivity index (χ0v) is 12.6. The molecular weight excluding hydrogens is 266 g/mol. The van der Waals surface area contributed by atoms with Crippen molar-refractivity contribution in [3.63, 3.8) is 0 Å². The van der Waals surface area contributed by atoms with Crippen LogP contribution in [-0.2, 0) is 4.79 Å². The van der Waals surface area contributed by atoms with Crippen molar-refractivity contribution in [2.75, 3.05) is 32.9 Å². The number of urea groups is 1. The molecular formula is C12H23N3O3S. The average Bonchev–Trinajstić information content (AvgIpc) is 2.77. The second kappa shape index (κ2) is 7.59. The summed E-state index contributed by atoms with van der Waals surface area (Å²) in [7, 11) is 3.96. The summed E-state index contributed by atoms with van der Waals surface area (Å²) in [5.41, 5.74) is 0. The number of thioether (sulfide) groups is 1. The summed E-state index contributed by atoms with van der Waals surface area (Å²) < 4.78 is 0. The third-order valence-corrected chi connectivity index (χ3v) is 4.47. The van der Waals surface area contributed by atoms with E-state index in [0.29, 0.717) is 12.3 Å². The number of carboxylic acid groups (broad SMARTS) is 1. The first-order chi connectivity index (χ1) is 8.97. The van der Waals surface area contributed by atoms with E-state index in [1.807, 2.05) is 25.9 Å². The highest BCUT2D eigenvalue weighted by Crippen LogP contribution is 2.31. The summed E-state index contributed by atoms with van der Waals surface area (Å²) in [6.45, 7) is 3.43. The molecule has 2 amide bonds. The van der Waals surface area contributed by atoms with Crippen LogP contribution in [0.2, 0.25) is 0 Å². The number of hydrogen-bond donors (Lipinski definition) is 2. The van der Waals surface area contributed by atoms with Crippen molar-refractivity contribution >= 4 is 23.8 Å². The van der Waals surface area contributed by atoms with Gasteiger partial charge in [-0.3, -0.25) is 4.90 Å². The fourth-order valence-corrected chi connectivity index (χ4v) is 3.37. The molecule has 0 aromatic rings. The molecule has 1 heterocycles. The van der Waals surface area contributed by atoms with E-state index in [-0.39, 0.29) is 11.4 Å². The molecule has 1 aliphatic heterocycles. The Balaban J connectivity index is 2.49. The van der Waals surface area contributed by atoms with E-state index in [1.165, 1.54) is 16.7 Å². The standard InChI is InChI=1S/C12H23N3O3S/c1-4-10-15(9(8-19-10)11(16)17)12(18)13-6-5-7-14(2)3/h9-10H,4-8H2,1-3H3,(H,13,18)(H,16,17). The van der Waals surface area contributed by atoms with Gasteiger partial charge in [-0.15, -0.1) is 11.8 Å². The van der Waals surface area contributed by atoms with Crippen LogP contribution in [0.25, 0.3) is 0 Å². The van der Waals surface area contributed by atoms with Gasteiger partial charge in [-0.1, -0.05) is 6.92 Å². The molecule has 1 aliphatic rings. The van der Waals surface area contributed by atoms with Crippen molar-refractivity contribution in [2.24, 2.45) is 0 Å². The molecule has 110 valence electrons. The van der Waals surface area contributed by atoms with Crippen molar-refractivity contribution < 1.29 is 14.7 Å². The number of nitrogens with zero attached hydrogens (tertiary/aromatic N) is 2. The molecule has 0 spiro atoms. The van der Waals surface area contributed by atoms with Gasteiger partial charge in [-0.25, -0.2) is 9.59 Å². The van der Waals surface area contributed by atoms with Crippen LogP contribution in [0.4, 0.5) is 4.79 Å². The molecule has 7 heteroatoms. The second-order valence-corrected chi connectivity index (χ2v) is 6.06. The Kier molecular flexibility index (Phi) is 6.44. The minimum Gasteiger partial charge on any atom is -0.480 e. The van der Waals surface area contributed by atoms with Gasteiger partial charge in [0.25, 0.3) is 0 Å². The van der Waals surface area contributed by atoms with Crippen LogP contribution >= 0.6 is 11.8 Å². The summed E-state index contributed by atoms with van der Waals surface area (Å²) in [6, 6.07) is -0.966. The summed E-state index contributed by atoms with van der Waals surface area (Å²) in [5.74, 6) is -0.453. The van der Waals surface area contributed by atoms with E-state index in [0.717, 1.165) is 19.4 Å². The van der Waals surface area contributed by atoms with Gasteiger partial charge in [0, 0.05) is 12.3 Å². The Morgan fingerprint density at radius 3 is 2.68 bits per heavy atom.